The monoisotopic (exact) mass is 301 g/mol. The summed E-state index contributed by atoms with van der Waals surface area (Å²) in [4.78, 5) is 10.9. The highest BCUT2D eigenvalue weighted by Gasteiger charge is 2.29. The van der Waals surface area contributed by atoms with E-state index in [1.165, 1.54) is 6.20 Å². The molecule has 1 aromatic rings. The van der Waals surface area contributed by atoms with Crippen LogP contribution in [-0.4, -0.2) is 42.3 Å². The number of nitrogens with zero attached hydrogens (tertiary/aromatic N) is 1. The highest BCUT2D eigenvalue weighted by Crippen LogP contribution is 2.29. The molecule has 0 saturated carbocycles. The molecule has 0 aromatic carbocycles. The number of carboxylic acids is 1. The molecule has 1 aromatic heterocycles. The standard InChI is InChI=1S/C14H23NO6/c1-4-18-9-13(19-5-2)20-14(10(3)8-12(16)17)11-6-7-15-21-11/h6-7,10,13-14H,4-5,8-9H2,1-3H3,(H,16,17). The van der Waals surface area contributed by atoms with Crippen molar-refractivity contribution in [1.82, 2.24) is 5.16 Å². The molecule has 7 nitrogen and oxygen atoms in total. The maximum Gasteiger partial charge on any atom is 0.303 e. The van der Waals surface area contributed by atoms with Crippen molar-refractivity contribution in [2.24, 2.45) is 5.92 Å². The van der Waals surface area contributed by atoms with Gasteiger partial charge in [0, 0.05) is 25.2 Å². The zero-order valence-corrected chi connectivity index (χ0v) is 12.7. The Morgan fingerprint density at radius 2 is 2.19 bits per heavy atom. The average molecular weight is 301 g/mol. The summed E-state index contributed by atoms with van der Waals surface area (Å²) >= 11 is 0. The predicted octanol–water partition coefficient (Wildman–Crippen LogP) is 2.24. The number of carboxylic acid groups (broad SMARTS) is 1. The second-order valence-corrected chi connectivity index (χ2v) is 4.59. The van der Waals surface area contributed by atoms with Gasteiger partial charge in [0.2, 0.25) is 0 Å². The summed E-state index contributed by atoms with van der Waals surface area (Å²) in [5.74, 6) is -0.710. The van der Waals surface area contributed by atoms with Gasteiger partial charge in [0.05, 0.1) is 19.2 Å². The van der Waals surface area contributed by atoms with Gasteiger partial charge in [-0.25, -0.2) is 0 Å². The van der Waals surface area contributed by atoms with Crippen molar-refractivity contribution in [3.05, 3.63) is 18.0 Å². The van der Waals surface area contributed by atoms with E-state index in [0.29, 0.717) is 19.0 Å². The van der Waals surface area contributed by atoms with Gasteiger partial charge in [0.1, 0.15) is 6.10 Å². The molecule has 0 amide bonds. The second-order valence-electron chi connectivity index (χ2n) is 4.59. The van der Waals surface area contributed by atoms with E-state index in [4.69, 9.17) is 23.8 Å². The summed E-state index contributed by atoms with van der Waals surface area (Å²) in [5.41, 5.74) is 0. The molecule has 1 rings (SSSR count). The highest BCUT2D eigenvalue weighted by molar-refractivity contribution is 5.67. The van der Waals surface area contributed by atoms with Gasteiger partial charge in [-0.3, -0.25) is 4.79 Å². The van der Waals surface area contributed by atoms with Crippen LogP contribution in [0.3, 0.4) is 0 Å². The SMILES string of the molecule is CCOCC(OCC)OC(c1ccno1)C(C)CC(=O)O. The molecule has 7 heteroatoms. The van der Waals surface area contributed by atoms with E-state index in [0.717, 1.165) is 0 Å². The third kappa shape index (κ3) is 6.24. The average Bonchev–Trinajstić information content (AvgIpc) is 2.94. The molecular weight excluding hydrogens is 278 g/mol. The van der Waals surface area contributed by atoms with Crippen LogP contribution in [0.25, 0.3) is 0 Å². The molecule has 0 aliphatic heterocycles. The van der Waals surface area contributed by atoms with Crippen molar-refractivity contribution in [2.75, 3.05) is 19.8 Å². The minimum Gasteiger partial charge on any atom is -0.481 e. The summed E-state index contributed by atoms with van der Waals surface area (Å²) in [6, 6.07) is 1.66. The Bertz CT molecular complexity index is 394. The van der Waals surface area contributed by atoms with Gasteiger partial charge in [-0.2, -0.15) is 0 Å². The Hall–Kier alpha value is -1.44. The topological polar surface area (TPSA) is 91.0 Å². The van der Waals surface area contributed by atoms with E-state index in [2.05, 4.69) is 5.16 Å². The van der Waals surface area contributed by atoms with Crippen LogP contribution >= 0.6 is 0 Å². The number of rotatable bonds is 11. The number of hydrogen-bond acceptors (Lipinski definition) is 6. The summed E-state index contributed by atoms with van der Waals surface area (Å²) in [6.45, 7) is 6.80. The lowest BCUT2D eigenvalue weighted by Gasteiger charge is -2.26. The van der Waals surface area contributed by atoms with Gasteiger partial charge in [-0.1, -0.05) is 12.1 Å². The molecule has 21 heavy (non-hydrogen) atoms. The van der Waals surface area contributed by atoms with Gasteiger partial charge in [0.25, 0.3) is 0 Å². The van der Waals surface area contributed by atoms with Crippen molar-refractivity contribution in [3.63, 3.8) is 0 Å². The Labute approximate surface area is 124 Å². The summed E-state index contributed by atoms with van der Waals surface area (Å²) in [6.07, 6.45) is 0.317. The minimum atomic E-state index is -0.895. The molecule has 3 atom stereocenters. The number of ether oxygens (including phenoxy) is 3. The molecule has 0 fully saturated rings. The van der Waals surface area contributed by atoms with Crippen molar-refractivity contribution < 1.29 is 28.6 Å². The number of aromatic nitrogens is 1. The lowest BCUT2D eigenvalue weighted by atomic mass is 9.99. The fourth-order valence-corrected chi connectivity index (χ4v) is 1.93. The predicted molar refractivity (Wildman–Crippen MR) is 73.7 cm³/mol. The fourth-order valence-electron chi connectivity index (χ4n) is 1.93. The second kappa shape index (κ2) is 9.49. The van der Waals surface area contributed by atoms with Crippen LogP contribution in [0.4, 0.5) is 0 Å². The van der Waals surface area contributed by atoms with Crippen LogP contribution in [0.2, 0.25) is 0 Å². The summed E-state index contributed by atoms with van der Waals surface area (Å²) < 4.78 is 21.8. The fraction of sp³-hybridized carbons (Fsp3) is 0.714. The normalized spacial score (nSPS) is 15.6. The maximum atomic E-state index is 10.9. The minimum absolute atomic E-state index is 0.0428. The van der Waals surface area contributed by atoms with Crippen LogP contribution < -0.4 is 0 Å². The van der Waals surface area contributed by atoms with Crippen molar-refractivity contribution in [2.45, 2.75) is 39.6 Å². The third-order valence-corrected chi connectivity index (χ3v) is 2.86. The van der Waals surface area contributed by atoms with E-state index in [9.17, 15) is 4.79 Å². The smallest absolute Gasteiger partial charge is 0.303 e. The molecule has 1 heterocycles. The van der Waals surface area contributed by atoms with E-state index in [1.54, 1.807) is 13.0 Å². The number of hydrogen-bond donors (Lipinski definition) is 1. The lowest BCUT2D eigenvalue weighted by molar-refractivity contribution is -0.209. The molecule has 0 aliphatic rings. The summed E-state index contributed by atoms with van der Waals surface area (Å²) in [7, 11) is 0. The zero-order valence-electron chi connectivity index (χ0n) is 12.7. The first-order valence-corrected chi connectivity index (χ1v) is 7.05. The lowest BCUT2D eigenvalue weighted by Crippen LogP contribution is -2.28. The van der Waals surface area contributed by atoms with Crippen LogP contribution in [0.5, 0.6) is 0 Å². The van der Waals surface area contributed by atoms with E-state index in [-0.39, 0.29) is 18.9 Å². The van der Waals surface area contributed by atoms with Crippen molar-refractivity contribution >= 4 is 5.97 Å². The van der Waals surface area contributed by atoms with Crippen molar-refractivity contribution in [3.8, 4) is 0 Å². The van der Waals surface area contributed by atoms with Gasteiger partial charge in [-0.05, 0) is 13.8 Å². The van der Waals surface area contributed by atoms with Crippen LogP contribution in [0, 0.1) is 5.92 Å². The van der Waals surface area contributed by atoms with Crippen molar-refractivity contribution in [1.29, 1.82) is 0 Å². The molecule has 0 radical (unpaired) electrons. The first-order chi connectivity index (χ1) is 10.1. The molecule has 120 valence electrons. The van der Waals surface area contributed by atoms with Gasteiger partial charge >= 0.3 is 5.97 Å². The van der Waals surface area contributed by atoms with Gasteiger partial charge in [0.15, 0.2) is 12.1 Å². The highest BCUT2D eigenvalue weighted by atomic mass is 16.7. The molecule has 0 bridgehead atoms. The molecule has 0 aliphatic carbocycles. The quantitative estimate of drug-likeness (QED) is 0.627. The molecule has 0 spiro atoms. The molecule has 0 saturated heterocycles. The Morgan fingerprint density at radius 1 is 1.43 bits per heavy atom. The zero-order chi connectivity index (χ0) is 15.7. The van der Waals surface area contributed by atoms with E-state index < -0.39 is 18.4 Å². The largest absolute Gasteiger partial charge is 0.481 e. The maximum absolute atomic E-state index is 10.9. The molecule has 3 unspecified atom stereocenters. The van der Waals surface area contributed by atoms with Crippen LogP contribution in [-0.2, 0) is 19.0 Å². The van der Waals surface area contributed by atoms with Gasteiger partial charge < -0.3 is 23.8 Å². The van der Waals surface area contributed by atoms with Crippen LogP contribution in [0.1, 0.15) is 39.1 Å². The van der Waals surface area contributed by atoms with Crippen LogP contribution in [0.15, 0.2) is 16.8 Å². The number of carbonyl (C=O) groups is 1. The number of aliphatic carboxylic acids is 1. The Kier molecular flexibility index (Phi) is 7.96. The van der Waals surface area contributed by atoms with Gasteiger partial charge in [-0.15, -0.1) is 0 Å². The van der Waals surface area contributed by atoms with E-state index >= 15 is 0 Å². The Balaban J connectivity index is 2.77. The summed E-state index contributed by atoms with van der Waals surface area (Å²) in [5, 5.41) is 12.6. The molecular formula is C14H23NO6. The molecule has 1 N–H and O–H groups in total. The van der Waals surface area contributed by atoms with E-state index in [1.807, 2.05) is 13.8 Å². The first-order valence-electron chi connectivity index (χ1n) is 7.05. The first kappa shape index (κ1) is 17.6. The Morgan fingerprint density at radius 3 is 2.71 bits per heavy atom. The third-order valence-electron chi connectivity index (χ3n) is 2.86.